The highest BCUT2D eigenvalue weighted by Gasteiger charge is 2.34. The molecule has 3 aromatic heterocycles. The Morgan fingerprint density at radius 3 is 1.68 bits per heavy atom. The number of hydrogen-bond donors (Lipinski definition) is 6. The molecule has 2 unspecified atom stereocenters. The molecule has 4 atom stereocenters. The van der Waals surface area contributed by atoms with E-state index in [1.807, 2.05) is 9.80 Å². The van der Waals surface area contributed by atoms with Crippen LogP contribution in [0.5, 0.6) is 11.5 Å². The zero-order chi connectivity index (χ0) is 54.0. The number of rotatable bonds is 28. The molecule has 0 spiro atoms. The van der Waals surface area contributed by atoms with Gasteiger partial charge in [0.05, 0.1) is 68.9 Å². The second kappa shape index (κ2) is 27.9. The van der Waals surface area contributed by atoms with Crippen molar-refractivity contribution in [2.75, 3.05) is 114 Å². The maximum absolute atomic E-state index is 14.5. The number of carboxylic acid groups (broad SMARTS) is 1. The highest BCUT2D eigenvalue weighted by atomic mass is 16.5. The van der Waals surface area contributed by atoms with E-state index in [1.54, 1.807) is 75.4 Å². The molecule has 8 N–H and O–H groups in total. The first-order chi connectivity index (χ1) is 36.7. The SMILES string of the molecule is C#CCOCCOCCOCCNc1nc(N2CCN(C(=O)[C@H](CCC(=O)O)n3cc(C(N)Cc4ccc(O)cc4)nn3)CC2)nc(N2CCN(C(=O)[C@H](Cc3ccc(O)cc3)n3cc(C(N)CC(C)C)nn3)CC2)n1. The number of hydrogen-bond acceptors (Lipinski definition) is 20. The first-order valence-corrected chi connectivity index (χ1v) is 25.6. The van der Waals surface area contributed by atoms with Crippen molar-refractivity contribution in [2.45, 2.75) is 70.1 Å². The van der Waals surface area contributed by atoms with Crippen molar-refractivity contribution in [3.8, 4) is 23.8 Å². The number of carboxylic acids is 1. The Hall–Kier alpha value is -7.50. The number of aliphatic carboxylic acids is 1. The first-order valence-electron chi connectivity index (χ1n) is 25.6. The van der Waals surface area contributed by atoms with E-state index in [2.05, 4.69) is 45.7 Å². The third-order valence-corrected chi connectivity index (χ3v) is 13.0. The molecule has 2 aliphatic rings. The fourth-order valence-corrected chi connectivity index (χ4v) is 8.82. The maximum atomic E-state index is 14.5. The topological polar surface area (TPSA) is 317 Å². The molecule has 2 amide bonds. The van der Waals surface area contributed by atoms with Gasteiger partial charge in [0.2, 0.25) is 29.7 Å². The van der Waals surface area contributed by atoms with Crippen molar-refractivity contribution in [3.63, 3.8) is 0 Å². The number of aromatic nitrogens is 9. The average Bonchev–Trinajstić information content (AvgIpc) is 4.13. The van der Waals surface area contributed by atoms with Crippen LogP contribution < -0.4 is 26.6 Å². The van der Waals surface area contributed by atoms with Crippen molar-refractivity contribution < 1.29 is 43.9 Å². The molecular weight excluding hydrogens is 981 g/mol. The number of anilines is 3. The molecule has 2 saturated heterocycles. The van der Waals surface area contributed by atoms with Crippen LogP contribution in [0, 0.1) is 18.3 Å². The molecule has 0 radical (unpaired) electrons. The number of amides is 2. The molecule has 0 saturated carbocycles. The van der Waals surface area contributed by atoms with Crippen LogP contribution in [0.2, 0.25) is 0 Å². The van der Waals surface area contributed by atoms with Crippen molar-refractivity contribution in [1.82, 2.24) is 54.7 Å². The minimum absolute atomic E-state index is 0.0124. The van der Waals surface area contributed by atoms with Gasteiger partial charge in [-0.25, -0.2) is 9.36 Å². The summed E-state index contributed by atoms with van der Waals surface area (Å²) in [6.07, 6.45) is 9.70. The Bertz CT molecular complexity index is 2660. The highest BCUT2D eigenvalue weighted by Crippen LogP contribution is 2.26. The van der Waals surface area contributed by atoms with Gasteiger partial charge in [0.1, 0.15) is 30.2 Å². The molecule has 2 fully saturated rings. The molecule has 7 rings (SSSR count). The van der Waals surface area contributed by atoms with Gasteiger partial charge < -0.3 is 65.9 Å². The number of nitrogens with zero attached hydrogens (tertiary/aromatic N) is 13. The third kappa shape index (κ3) is 16.3. The molecular formula is C51H70N16O9. The standard InChI is InChI=1S/C51H70N16O9/c1-4-24-74-26-28-76-29-27-75-25-15-54-49-55-50(64-20-16-62(17-21-64)47(72)44(13-14-46(70)71)66-33-43(59-60-66)41(53)31-36-5-9-38(68)10-6-36)57-51(56-49)65-22-18-63(19-23-65)48(73)45(32-37-7-11-39(69)12-8-37)67-34-42(58-61-67)40(52)30-35(2)3/h1,5-12,33-35,40-41,44-45,68-69H,13-32,52-53H2,2-3H3,(H,70,71)(H,54,55,56,57)/t40?,41?,44-,45-/m0/s1. The summed E-state index contributed by atoms with van der Waals surface area (Å²) < 4.78 is 19.5. The number of benzene rings is 2. The zero-order valence-corrected chi connectivity index (χ0v) is 43.1. The fourth-order valence-electron chi connectivity index (χ4n) is 8.82. The van der Waals surface area contributed by atoms with Gasteiger partial charge in [0.25, 0.3) is 0 Å². The monoisotopic (exact) mass is 1050 g/mol. The van der Waals surface area contributed by atoms with Crippen LogP contribution >= 0.6 is 0 Å². The summed E-state index contributed by atoms with van der Waals surface area (Å²) in [7, 11) is 0. The Labute approximate surface area is 441 Å². The van der Waals surface area contributed by atoms with Gasteiger partial charge >= 0.3 is 5.97 Å². The molecule has 25 nitrogen and oxygen atoms in total. The van der Waals surface area contributed by atoms with Gasteiger partial charge in [0.15, 0.2) is 0 Å². The Morgan fingerprint density at radius 1 is 0.671 bits per heavy atom. The smallest absolute Gasteiger partial charge is 0.303 e. The molecule has 25 heteroatoms. The van der Waals surface area contributed by atoms with E-state index >= 15 is 0 Å². The molecule has 76 heavy (non-hydrogen) atoms. The number of ether oxygens (including phenoxy) is 3. The first kappa shape index (κ1) is 56.2. The number of terminal acetylenes is 1. The second-order valence-corrected chi connectivity index (χ2v) is 19.1. The van der Waals surface area contributed by atoms with Gasteiger partial charge in [-0.3, -0.25) is 14.4 Å². The Kier molecular flexibility index (Phi) is 20.6. The minimum Gasteiger partial charge on any atom is -0.508 e. The zero-order valence-electron chi connectivity index (χ0n) is 43.1. The molecule has 0 bridgehead atoms. The Morgan fingerprint density at radius 2 is 1.16 bits per heavy atom. The lowest BCUT2D eigenvalue weighted by Crippen LogP contribution is -2.52. The van der Waals surface area contributed by atoms with Crippen LogP contribution in [0.1, 0.15) is 79.8 Å². The molecule has 2 aliphatic heterocycles. The third-order valence-electron chi connectivity index (χ3n) is 13.0. The van der Waals surface area contributed by atoms with E-state index in [4.69, 9.17) is 47.1 Å². The van der Waals surface area contributed by atoms with Gasteiger partial charge in [-0.15, -0.1) is 16.6 Å². The van der Waals surface area contributed by atoms with Crippen LogP contribution in [0.3, 0.4) is 0 Å². The van der Waals surface area contributed by atoms with Gasteiger partial charge in [-0.1, -0.05) is 54.5 Å². The summed E-state index contributed by atoms with van der Waals surface area (Å²) in [6, 6.07) is 10.9. The molecule has 408 valence electrons. The number of piperazine rings is 2. The van der Waals surface area contributed by atoms with Crippen LogP contribution in [0.4, 0.5) is 17.8 Å². The van der Waals surface area contributed by atoms with Gasteiger partial charge in [-0.05, 0) is 60.6 Å². The second-order valence-electron chi connectivity index (χ2n) is 19.1. The van der Waals surface area contributed by atoms with Crippen LogP contribution in [-0.4, -0.2) is 186 Å². The largest absolute Gasteiger partial charge is 0.508 e. The summed E-state index contributed by atoms with van der Waals surface area (Å²) in [5, 5.41) is 49.8. The molecule has 5 heterocycles. The molecule has 5 aromatic rings. The summed E-state index contributed by atoms with van der Waals surface area (Å²) >= 11 is 0. The fraction of sp³-hybridized carbons (Fsp3) is 0.529. The number of carbonyl (C=O) groups is 3. The predicted molar refractivity (Wildman–Crippen MR) is 279 cm³/mol. The number of aromatic hydroxyl groups is 2. The lowest BCUT2D eigenvalue weighted by molar-refractivity contribution is -0.139. The van der Waals surface area contributed by atoms with E-state index in [0.29, 0.717) is 133 Å². The average molecular weight is 1050 g/mol. The van der Waals surface area contributed by atoms with E-state index < -0.39 is 24.1 Å². The van der Waals surface area contributed by atoms with Crippen molar-refractivity contribution in [3.05, 3.63) is 83.4 Å². The van der Waals surface area contributed by atoms with Gasteiger partial charge in [0, 0.05) is 71.7 Å². The number of phenolic OH excluding ortho intramolecular Hbond substituents is 2. The predicted octanol–water partition coefficient (Wildman–Crippen LogP) is 1.74. The van der Waals surface area contributed by atoms with Crippen molar-refractivity contribution in [2.24, 2.45) is 17.4 Å². The molecule has 2 aromatic carbocycles. The van der Waals surface area contributed by atoms with Crippen molar-refractivity contribution in [1.29, 1.82) is 0 Å². The van der Waals surface area contributed by atoms with Gasteiger partial charge in [-0.2, -0.15) is 15.0 Å². The van der Waals surface area contributed by atoms with E-state index in [9.17, 15) is 29.7 Å². The highest BCUT2D eigenvalue weighted by molar-refractivity contribution is 5.82. The summed E-state index contributed by atoms with van der Waals surface area (Å²) in [5.74, 6) is 2.63. The van der Waals surface area contributed by atoms with E-state index in [0.717, 1.165) is 11.1 Å². The van der Waals surface area contributed by atoms with Crippen LogP contribution in [-0.2, 0) is 41.4 Å². The number of phenols is 2. The lowest BCUT2D eigenvalue weighted by atomic mass is 10.0. The Balaban J connectivity index is 1.02. The van der Waals surface area contributed by atoms with Crippen molar-refractivity contribution >= 4 is 35.6 Å². The summed E-state index contributed by atoms with van der Waals surface area (Å²) in [5.41, 5.74) is 15.7. The minimum atomic E-state index is -1.05. The van der Waals surface area contributed by atoms with Crippen LogP contribution in [0.15, 0.2) is 60.9 Å². The number of nitrogens with two attached hydrogens (primary N) is 2. The normalized spacial score (nSPS) is 15.6. The summed E-state index contributed by atoms with van der Waals surface area (Å²) in [6.45, 7) is 9.43. The summed E-state index contributed by atoms with van der Waals surface area (Å²) in [4.78, 5) is 62.5. The van der Waals surface area contributed by atoms with E-state index in [1.165, 1.54) is 4.68 Å². The molecule has 0 aliphatic carbocycles. The van der Waals surface area contributed by atoms with Crippen LogP contribution in [0.25, 0.3) is 0 Å². The maximum Gasteiger partial charge on any atom is 0.303 e. The van der Waals surface area contributed by atoms with E-state index in [-0.39, 0.29) is 61.9 Å². The number of carbonyl (C=O) groups excluding carboxylic acids is 2. The quantitative estimate of drug-likeness (QED) is 0.0307. The number of nitrogens with one attached hydrogen (secondary N) is 1. The lowest BCUT2D eigenvalue weighted by Gasteiger charge is -2.38.